The second kappa shape index (κ2) is 6.45. The Morgan fingerprint density at radius 2 is 1.71 bits per heavy atom. The molecule has 0 atom stereocenters. The van der Waals surface area contributed by atoms with Crippen molar-refractivity contribution in [3.63, 3.8) is 0 Å². The minimum Gasteiger partial charge on any atom is -0.469 e. The van der Waals surface area contributed by atoms with E-state index in [1.165, 1.54) is 12.0 Å². The van der Waals surface area contributed by atoms with Crippen LogP contribution in [-0.4, -0.2) is 29.8 Å². The molecule has 2 amide bonds. The van der Waals surface area contributed by atoms with Crippen molar-refractivity contribution in [2.24, 2.45) is 0 Å². The summed E-state index contributed by atoms with van der Waals surface area (Å²) in [4.78, 5) is 37.2. The topological polar surface area (TPSA) is 63.7 Å². The summed E-state index contributed by atoms with van der Waals surface area (Å²) in [6, 6.07) is 11.8. The SMILES string of the molecule is COC(=O)Cc1ccc(CN2C(=O)c3ccccc3C2=O)c(Cl)c1. The molecule has 0 saturated heterocycles. The van der Waals surface area contributed by atoms with Gasteiger partial charge in [0.2, 0.25) is 0 Å². The smallest absolute Gasteiger partial charge is 0.309 e. The molecule has 0 aromatic heterocycles. The molecule has 0 radical (unpaired) electrons. The summed E-state index contributed by atoms with van der Waals surface area (Å²) in [5.74, 6) is -1.02. The van der Waals surface area contributed by atoms with Crippen molar-refractivity contribution in [2.45, 2.75) is 13.0 Å². The summed E-state index contributed by atoms with van der Waals surface area (Å²) in [5.41, 5.74) is 2.15. The van der Waals surface area contributed by atoms with E-state index in [2.05, 4.69) is 4.74 Å². The van der Waals surface area contributed by atoms with Gasteiger partial charge in [-0.3, -0.25) is 19.3 Å². The van der Waals surface area contributed by atoms with Gasteiger partial charge in [0.15, 0.2) is 0 Å². The van der Waals surface area contributed by atoms with E-state index in [0.717, 1.165) is 0 Å². The fraction of sp³-hybridized carbons (Fsp3) is 0.167. The standard InChI is InChI=1S/C18H14ClNO4/c1-24-16(21)9-11-6-7-12(15(19)8-11)10-20-17(22)13-4-2-3-5-14(13)18(20)23/h2-8H,9-10H2,1H3. The molecule has 0 spiro atoms. The number of rotatable bonds is 4. The van der Waals surface area contributed by atoms with E-state index >= 15 is 0 Å². The number of hydrogen-bond acceptors (Lipinski definition) is 4. The van der Waals surface area contributed by atoms with Crippen molar-refractivity contribution in [1.82, 2.24) is 4.90 Å². The third-order valence-electron chi connectivity index (χ3n) is 3.90. The third kappa shape index (κ3) is 2.90. The molecule has 2 aromatic rings. The van der Waals surface area contributed by atoms with Gasteiger partial charge in [0, 0.05) is 5.02 Å². The molecule has 0 fully saturated rings. The fourth-order valence-electron chi connectivity index (χ4n) is 2.62. The lowest BCUT2D eigenvalue weighted by Gasteiger charge is -2.15. The molecule has 2 aromatic carbocycles. The monoisotopic (exact) mass is 343 g/mol. The van der Waals surface area contributed by atoms with Gasteiger partial charge in [0.05, 0.1) is 31.2 Å². The molecule has 0 bridgehead atoms. The Bertz CT molecular complexity index is 812. The highest BCUT2D eigenvalue weighted by atomic mass is 35.5. The van der Waals surface area contributed by atoms with E-state index in [-0.39, 0.29) is 30.7 Å². The molecular formula is C18H14ClNO4. The highest BCUT2D eigenvalue weighted by Gasteiger charge is 2.35. The summed E-state index contributed by atoms with van der Waals surface area (Å²) in [7, 11) is 1.32. The fourth-order valence-corrected chi connectivity index (χ4v) is 2.88. The number of methoxy groups -OCH3 is 1. The van der Waals surface area contributed by atoms with Crippen molar-refractivity contribution in [2.75, 3.05) is 7.11 Å². The average molecular weight is 344 g/mol. The van der Waals surface area contributed by atoms with E-state index in [0.29, 0.717) is 27.3 Å². The predicted octanol–water partition coefficient (Wildman–Crippen LogP) is 2.85. The van der Waals surface area contributed by atoms with E-state index in [1.54, 1.807) is 42.5 Å². The Hall–Kier alpha value is -2.66. The Kier molecular flexibility index (Phi) is 4.36. The van der Waals surface area contributed by atoms with E-state index in [1.807, 2.05) is 0 Å². The number of nitrogens with zero attached hydrogens (tertiary/aromatic N) is 1. The Morgan fingerprint density at radius 3 is 2.25 bits per heavy atom. The van der Waals surface area contributed by atoms with Crippen LogP contribution in [0, 0.1) is 0 Å². The number of esters is 1. The van der Waals surface area contributed by atoms with Gasteiger partial charge in [-0.05, 0) is 29.3 Å². The molecule has 0 N–H and O–H groups in total. The summed E-state index contributed by atoms with van der Waals surface area (Å²) >= 11 is 6.24. The lowest BCUT2D eigenvalue weighted by molar-refractivity contribution is -0.139. The first kappa shape index (κ1) is 16.2. The average Bonchev–Trinajstić information content (AvgIpc) is 2.82. The summed E-state index contributed by atoms with van der Waals surface area (Å²) in [5, 5.41) is 0.396. The van der Waals surface area contributed by atoms with Crippen molar-refractivity contribution in [3.8, 4) is 0 Å². The number of amides is 2. The number of halogens is 1. The zero-order chi connectivity index (χ0) is 17.3. The molecule has 24 heavy (non-hydrogen) atoms. The first-order valence-electron chi connectivity index (χ1n) is 7.30. The zero-order valence-corrected chi connectivity index (χ0v) is 13.7. The van der Waals surface area contributed by atoms with E-state index in [4.69, 9.17) is 11.6 Å². The van der Waals surface area contributed by atoms with Gasteiger partial charge < -0.3 is 4.74 Å². The Morgan fingerprint density at radius 1 is 1.08 bits per heavy atom. The summed E-state index contributed by atoms with van der Waals surface area (Å²) in [6.45, 7) is 0.0870. The van der Waals surface area contributed by atoms with Gasteiger partial charge in [0.1, 0.15) is 0 Å². The number of imide groups is 1. The molecule has 5 nitrogen and oxygen atoms in total. The molecule has 0 saturated carbocycles. The maximum Gasteiger partial charge on any atom is 0.309 e. The molecule has 1 aliphatic rings. The summed E-state index contributed by atoms with van der Waals surface area (Å²) in [6.07, 6.45) is 0.115. The second-order valence-electron chi connectivity index (χ2n) is 5.42. The van der Waals surface area contributed by atoms with Crippen LogP contribution in [0.3, 0.4) is 0 Å². The Labute approximate surface area is 143 Å². The van der Waals surface area contributed by atoms with Gasteiger partial charge in [0.25, 0.3) is 11.8 Å². The largest absolute Gasteiger partial charge is 0.469 e. The third-order valence-corrected chi connectivity index (χ3v) is 4.25. The molecule has 122 valence electrons. The van der Waals surface area contributed by atoms with Gasteiger partial charge in [-0.15, -0.1) is 0 Å². The quantitative estimate of drug-likeness (QED) is 0.632. The maximum absolute atomic E-state index is 12.4. The number of carbonyl (C=O) groups excluding carboxylic acids is 3. The lowest BCUT2D eigenvalue weighted by Crippen LogP contribution is -2.29. The normalized spacial score (nSPS) is 13.2. The maximum atomic E-state index is 12.4. The van der Waals surface area contributed by atoms with Crippen molar-refractivity contribution < 1.29 is 19.1 Å². The van der Waals surface area contributed by atoms with Crippen LogP contribution >= 0.6 is 11.6 Å². The molecule has 0 unspecified atom stereocenters. The first-order chi connectivity index (χ1) is 11.5. The molecule has 1 aliphatic heterocycles. The van der Waals surface area contributed by atoms with Crippen LogP contribution in [-0.2, 0) is 22.5 Å². The van der Waals surface area contributed by atoms with E-state index < -0.39 is 0 Å². The highest BCUT2D eigenvalue weighted by Crippen LogP contribution is 2.27. The molecule has 0 aliphatic carbocycles. The minimum atomic E-state index is -0.362. The van der Waals surface area contributed by atoms with Crippen LogP contribution in [0.5, 0.6) is 0 Å². The zero-order valence-electron chi connectivity index (χ0n) is 12.9. The van der Waals surface area contributed by atoms with Crippen LogP contribution < -0.4 is 0 Å². The van der Waals surface area contributed by atoms with Gasteiger partial charge in [-0.25, -0.2) is 0 Å². The number of fused-ring (bicyclic) bond motifs is 1. The Balaban J connectivity index is 1.81. The first-order valence-corrected chi connectivity index (χ1v) is 7.68. The van der Waals surface area contributed by atoms with Crippen LogP contribution in [0.25, 0.3) is 0 Å². The highest BCUT2D eigenvalue weighted by molar-refractivity contribution is 6.31. The number of benzene rings is 2. The summed E-state index contributed by atoms with van der Waals surface area (Å²) < 4.78 is 4.62. The van der Waals surface area contributed by atoms with Crippen molar-refractivity contribution in [1.29, 1.82) is 0 Å². The number of hydrogen-bond donors (Lipinski definition) is 0. The molecule has 1 heterocycles. The molecule has 3 rings (SSSR count). The predicted molar refractivity (Wildman–Crippen MR) is 87.8 cm³/mol. The molecular weight excluding hydrogens is 330 g/mol. The minimum absolute atomic E-state index is 0.0870. The lowest BCUT2D eigenvalue weighted by atomic mass is 10.1. The van der Waals surface area contributed by atoms with Crippen LogP contribution in [0.2, 0.25) is 5.02 Å². The van der Waals surface area contributed by atoms with Crippen LogP contribution in [0.4, 0.5) is 0 Å². The van der Waals surface area contributed by atoms with Gasteiger partial charge in [-0.2, -0.15) is 0 Å². The van der Waals surface area contributed by atoms with Crippen LogP contribution in [0.15, 0.2) is 42.5 Å². The van der Waals surface area contributed by atoms with Gasteiger partial charge >= 0.3 is 5.97 Å². The second-order valence-corrected chi connectivity index (χ2v) is 5.83. The molecule has 6 heteroatoms. The van der Waals surface area contributed by atoms with Gasteiger partial charge in [-0.1, -0.05) is 35.9 Å². The van der Waals surface area contributed by atoms with Crippen molar-refractivity contribution in [3.05, 3.63) is 69.7 Å². The van der Waals surface area contributed by atoms with Crippen molar-refractivity contribution >= 4 is 29.4 Å². The van der Waals surface area contributed by atoms with E-state index in [9.17, 15) is 14.4 Å². The number of ether oxygens (including phenoxy) is 1. The van der Waals surface area contributed by atoms with Crippen LogP contribution in [0.1, 0.15) is 31.8 Å². The number of carbonyl (C=O) groups is 3.